The molecule has 1 aromatic rings. The fourth-order valence-corrected chi connectivity index (χ4v) is 1.63. The van der Waals surface area contributed by atoms with Gasteiger partial charge in [-0.25, -0.2) is 0 Å². The monoisotopic (exact) mass is 294 g/mol. The van der Waals surface area contributed by atoms with E-state index in [1.165, 1.54) is 0 Å². The van der Waals surface area contributed by atoms with Crippen molar-refractivity contribution in [2.24, 2.45) is 5.41 Å². The van der Waals surface area contributed by atoms with E-state index < -0.39 is 5.41 Å². The Labute approximate surface area is 124 Å². The summed E-state index contributed by atoms with van der Waals surface area (Å²) >= 11 is 6.00. The Morgan fingerprint density at radius 2 is 2.00 bits per heavy atom. The number of hydrogen-bond acceptors (Lipinski definition) is 2. The molecule has 0 aromatic heterocycles. The van der Waals surface area contributed by atoms with Gasteiger partial charge in [-0.3, -0.25) is 9.59 Å². The summed E-state index contributed by atoms with van der Waals surface area (Å²) in [7, 11) is 0. The largest absolute Gasteiger partial charge is 0.352 e. The standard InChI is InChI=1S/C15H19ClN2O2/c1-5-8-17-13(19)15(3,4)14(20)18-11-7-6-10(2)12(16)9-11/h5-7,9H,1,8H2,2-4H3,(H,17,19)(H,18,20). The first-order valence-electron chi connectivity index (χ1n) is 6.26. The van der Waals surface area contributed by atoms with Crippen molar-refractivity contribution in [2.45, 2.75) is 20.8 Å². The zero-order valence-electron chi connectivity index (χ0n) is 11.9. The van der Waals surface area contributed by atoms with Crippen LogP contribution in [0.2, 0.25) is 5.02 Å². The van der Waals surface area contributed by atoms with Crippen molar-refractivity contribution in [2.75, 3.05) is 11.9 Å². The van der Waals surface area contributed by atoms with E-state index in [2.05, 4.69) is 17.2 Å². The average molecular weight is 295 g/mol. The molecule has 0 aliphatic carbocycles. The smallest absolute Gasteiger partial charge is 0.239 e. The summed E-state index contributed by atoms with van der Waals surface area (Å²) in [4.78, 5) is 24.1. The Morgan fingerprint density at radius 3 is 2.55 bits per heavy atom. The SMILES string of the molecule is C=CCNC(=O)C(C)(C)C(=O)Nc1ccc(C)c(Cl)c1. The molecular formula is C15H19ClN2O2. The van der Waals surface area contributed by atoms with Crippen molar-refractivity contribution in [1.82, 2.24) is 5.32 Å². The minimum atomic E-state index is -1.18. The van der Waals surface area contributed by atoms with Gasteiger partial charge < -0.3 is 10.6 Å². The van der Waals surface area contributed by atoms with Crippen molar-refractivity contribution in [3.05, 3.63) is 41.4 Å². The first-order valence-corrected chi connectivity index (χ1v) is 6.63. The van der Waals surface area contributed by atoms with Crippen LogP contribution in [0.25, 0.3) is 0 Å². The fourth-order valence-electron chi connectivity index (χ4n) is 1.45. The zero-order chi connectivity index (χ0) is 15.3. The van der Waals surface area contributed by atoms with Gasteiger partial charge >= 0.3 is 0 Å². The number of carbonyl (C=O) groups is 2. The van der Waals surface area contributed by atoms with Gasteiger partial charge in [-0.2, -0.15) is 0 Å². The van der Waals surface area contributed by atoms with Gasteiger partial charge in [0.25, 0.3) is 0 Å². The number of hydrogen-bond donors (Lipinski definition) is 2. The second-order valence-corrected chi connectivity index (χ2v) is 5.45. The quantitative estimate of drug-likeness (QED) is 0.648. The summed E-state index contributed by atoms with van der Waals surface area (Å²) in [5.74, 6) is -0.743. The van der Waals surface area contributed by atoms with Crippen molar-refractivity contribution in [1.29, 1.82) is 0 Å². The summed E-state index contributed by atoms with van der Waals surface area (Å²) in [6.07, 6.45) is 1.56. The molecule has 0 bridgehead atoms. The highest BCUT2D eigenvalue weighted by Gasteiger charge is 2.35. The van der Waals surface area contributed by atoms with Crippen molar-refractivity contribution < 1.29 is 9.59 Å². The van der Waals surface area contributed by atoms with Gasteiger partial charge in [-0.15, -0.1) is 6.58 Å². The van der Waals surface area contributed by atoms with Crippen LogP contribution in [-0.4, -0.2) is 18.4 Å². The molecule has 108 valence electrons. The number of rotatable bonds is 5. The Balaban J connectivity index is 2.80. The third kappa shape index (κ3) is 3.84. The number of aryl methyl sites for hydroxylation is 1. The summed E-state index contributed by atoms with van der Waals surface area (Å²) in [6.45, 7) is 8.85. The number of halogens is 1. The van der Waals surface area contributed by atoms with Crippen LogP contribution in [0.4, 0.5) is 5.69 Å². The topological polar surface area (TPSA) is 58.2 Å². The molecule has 0 heterocycles. The lowest BCUT2D eigenvalue weighted by Crippen LogP contribution is -2.45. The summed E-state index contributed by atoms with van der Waals surface area (Å²) in [5.41, 5.74) is 0.309. The summed E-state index contributed by atoms with van der Waals surface area (Å²) in [5, 5.41) is 5.88. The molecule has 0 aliphatic rings. The third-order valence-corrected chi connectivity index (χ3v) is 3.38. The number of nitrogens with one attached hydrogen (secondary N) is 2. The summed E-state index contributed by atoms with van der Waals surface area (Å²) < 4.78 is 0. The van der Waals surface area contributed by atoms with Crippen LogP contribution in [0.1, 0.15) is 19.4 Å². The van der Waals surface area contributed by atoms with E-state index in [0.717, 1.165) is 5.56 Å². The first-order chi connectivity index (χ1) is 9.28. The van der Waals surface area contributed by atoms with Crippen LogP contribution in [0.5, 0.6) is 0 Å². The lowest BCUT2D eigenvalue weighted by Gasteiger charge is -2.22. The van der Waals surface area contributed by atoms with Crippen LogP contribution in [-0.2, 0) is 9.59 Å². The minimum Gasteiger partial charge on any atom is -0.352 e. The molecule has 2 N–H and O–H groups in total. The van der Waals surface area contributed by atoms with E-state index >= 15 is 0 Å². The molecule has 5 heteroatoms. The van der Waals surface area contributed by atoms with Crippen molar-refractivity contribution >= 4 is 29.1 Å². The van der Waals surface area contributed by atoms with E-state index in [-0.39, 0.29) is 11.8 Å². The molecular weight excluding hydrogens is 276 g/mol. The minimum absolute atomic E-state index is 0.325. The average Bonchev–Trinajstić information content (AvgIpc) is 2.39. The van der Waals surface area contributed by atoms with Crippen molar-refractivity contribution in [3.8, 4) is 0 Å². The molecule has 0 radical (unpaired) electrons. The Hall–Kier alpha value is -1.81. The molecule has 20 heavy (non-hydrogen) atoms. The fraction of sp³-hybridized carbons (Fsp3) is 0.333. The van der Waals surface area contributed by atoms with Crippen molar-refractivity contribution in [3.63, 3.8) is 0 Å². The predicted octanol–water partition coefficient (Wildman–Crippen LogP) is 2.92. The molecule has 1 rings (SSSR count). The first kappa shape index (κ1) is 16.2. The van der Waals surface area contributed by atoms with E-state index in [4.69, 9.17) is 11.6 Å². The maximum absolute atomic E-state index is 12.2. The highest BCUT2D eigenvalue weighted by molar-refractivity contribution is 6.31. The van der Waals surface area contributed by atoms with Crippen LogP contribution in [0.3, 0.4) is 0 Å². The van der Waals surface area contributed by atoms with Crippen LogP contribution >= 0.6 is 11.6 Å². The van der Waals surface area contributed by atoms with Gasteiger partial charge in [0.15, 0.2) is 0 Å². The molecule has 0 saturated heterocycles. The summed E-state index contributed by atoms with van der Waals surface area (Å²) in [6, 6.07) is 5.21. The van der Waals surface area contributed by atoms with E-state index in [1.54, 1.807) is 32.1 Å². The van der Waals surface area contributed by atoms with Crippen LogP contribution in [0.15, 0.2) is 30.9 Å². The van der Waals surface area contributed by atoms with Gasteiger partial charge in [-0.1, -0.05) is 23.7 Å². The zero-order valence-corrected chi connectivity index (χ0v) is 12.7. The van der Waals surface area contributed by atoms with Crippen LogP contribution < -0.4 is 10.6 Å². The highest BCUT2D eigenvalue weighted by Crippen LogP contribution is 2.23. The van der Waals surface area contributed by atoms with Gasteiger partial charge in [0.1, 0.15) is 5.41 Å². The number of amides is 2. The molecule has 1 aromatic carbocycles. The molecule has 0 aliphatic heterocycles. The van der Waals surface area contributed by atoms with Gasteiger partial charge in [0, 0.05) is 17.3 Å². The molecule has 0 unspecified atom stereocenters. The number of benzene rings is 1. The molecule has 4 nitrogen and oxygen atoms in total. The highest BCUT2D eigenvalue weighted by atomic mass is 35.5. The lowest BCUT2D eigenvalue weighted by atomic mass is 9.91. The second-order valence-electron chi connectivity index (χ2n) is 5.04. The second kappa shape index (κ2) is 6.57. The molecule has 0 atom stereocenters. The van der Waals surface area contributed by atoms with Gasteiger partial charge in [0.2, 0.25) is 11.8 Å². The predicted molar refractivity (Wildman–Crippen MR) is 81.8 cm³/mol. The molecule has 0 fully saturated rings. The normalized spacial score (nSPS) is 10.8. The maximum atomic E-state index is 12.2. The van der Waals surface area contributed by atoms with Gasteiger partial charge in [0.05, 0.1) is 0 Å². The third-order valence-electron chi connectivity index (χ3n) is 2.97. The maximum Gasteiger partial charge on any atom is 0.239 e. The number of carbonyl (C=O) groups excluding carboxylic acids is 2. The van der Waals surface area contributed by atoms with Crippen LogP contribution in [0, 0.1) is 12.3 Å². The van der Waals surface area contributed by atoms with Gasteiger partial charge in [-0.05, 0) is 38.5 Å². The number of anilines is 1. The Kier molecular flexibility index (Phi) is 5.34. The molecule has 0 saturated carbocycles. The van der Waals surface area contributed by atoms with E-state index in [9.17, 15) is 9.59 Å². The lowest BCUT2D eigenvalue weighted by molar-refractivity contribution is -0.138. The van der Waals surface area contributed by atoms with E-state index in [1.807, 2.05) is 13.0 Å². The van der Waals surface area contributed by atoms with E-state index in [0.29, 0.717) is 17.3 Å². The molecule has 2 amide bonds. The Morgan fingerprint density at radius 1 is 1.35 bits per heavy atom. The molecule has 0 spiro atoms. The Bertz CT molecular complexity index is 539.